The lowest BCUT2D eigenvalue weighted by molar-refractivity contribution is 0.0494. The van der Waals surface area contributed by atoms with E-state index in [-0.39, 0.29) is 12.4 Å². The van der Waals surface area contributed by atoms with Crippen molar-refractivity contribution in [3.8, 4) is 6.01 Å². The molecule has 2 amide bonds. The molecule has 2 aromatic rings. The molecule has 0 fully saturated rings. The van der Waals surface area contributed by atoms with E-state index >= 15 is 0 Å². The minimum atomic E-state index is -1.07. The second kappa shape index (κ2) is 7.08. The number of rotatable bonds is 3. The van der Waals surface area contributed by atoms with Crippen LogP contribution in [0.2, 0.25) is 0 Å². The van der Waals surface area contributed by atoms with Crippen molar-refractivity contribution in [1.82, 2.24) is 15.3 Å². The van der Waals surface area contributed by atoms with Crippen LogP contribution in [0.15, 0.2) is 28.9 Å². The third kappa shape index (κ3) is 3.98. The van der Waals surface area contributed by atoms with Crippen molar-refractivity contribution in [3.63, 3.8) is 0 Å². The van der Waals surface area contributed by atoms with Crippen molar-refractivity contribution in [2.24, 2.45) is 11.5 Å². The summed E-state index contributed by atoms with van der Waals surface area (Å²) < 4.78 is 25.0. The number of amides is 2. The van der Waals surface area contributed by atoms with Gasteiger partial charge < -0.3 is 20.9 Å². The van der Waals surface area contributed by atoms with Crippen molar-refractivity contribution in [1.29, 1.82) is 0 Å². The Morgan fingerprint density at radius 3 is 2.78 bits per heavy atom. The third-order valence-corrected chi connectivity index (χ3v) is 4.57. The van der Waals surface area contributed by atoms with Crippen LogP contribution < -0.4 is 21.5 Å². The zero-order chi connectivity index (χ0) is 19.8. The maximum Gasteiger partial charge on any atom is 0.412 e. The fourth-order valence-electron chi connectivity index (χ4n) is 2.96. The topological polar surface area (TPSA) is 142 Å². The highest BCUT2D eigenvalue weighted by molar-refractivity contribution is 9.10. The van der Waals surface area contributed by atoms with Crippen molar-refractivity contribution < 1.29 is 23.5 Å². The predicted molar refractivity (Wildman–Crippen MR) is 93.9 cm³/mol. The van der Waals surface area contributed by atoms with Crippen LogP contribution in [-0.2, 0) is 16.7 Å². The second-order valence-corrected chi connectivity index (χ2v) is 6.99. The summed E-state index contributed by atoms with van der Waals surface area (Å²) in [7, 11) is 0. The molecule has 0 spiro atoms. The first-order valence-corrected chi connectivity index (χ1v) is 8.49. The predicted octanol–water partition coefficient (Wildman–Crippen LogP) is 1.99. The summed E-state index contributed by atoms with van der Waals surface area (Å²) >= 11 is 3.32. The number of primary amides is 2. The van der Waals surface area contributed by atoms with Crippen LogP contribution in [0.3, 0.4) is 0 Å². The Morgan fingerprint density at radius 1 is 1.37 bits per heavy atom. The average molecular weight is 440 g/mol. The number of nitrogens with two attached hydrogens (primary N) is 2. The summed E-state index contributed by atoms with van der Waals surface area (Å²) in [5.41, 5.74) is 10.2. The second-order valence-electron chi connectivity index (χ2n) is 6.07. The number of halogens is 2. The van der Waals surface area contributed by atoms with Gasteiger partial charge in [0.15, 0.2) is 6.23 Å². The number of aromatic nitrogens is 2. The molecular formula is C16H15BrFN5O4. The standard InChI is InChI=1S/C16H15BrFN5O4/c1-16(9-4-7(17)2-3-10(9)18)5-11-8(12(23-16)26-13(19)24)6-21-15(22-11)27-14(20)25/h2-4,6,12,23H,5H2,1H3,(H2,19,24)(H2,20,25). The Balaban J connectivity index is 2.08. The van der Waals surface area contributed by atoms with Gasteiger partial charge in [-0.2, -0.15) is 4.98 Å². The normalized spacial score (nSPS) is 21.2. The van der Waals surface area contributed by atoms with E-state index in [1.165, 1.54) is 12.3 Å². The molecule has 0 saturated heterocycles. The number of fused-ring (bicyclic) bond motifs is 1. The zero-order valence-electron chi connectivity index (χ0n) is 14.0. The number of ether oxygens (including phenoxy) is 2. The van der Waals surface area contributed by atoms with E-state index in [1.807, 2.05) is 0 Å². The van der Waals surface area contributed by atoms with Gasteiger partial charge in [-0.25, -0.2) is 19.0 Å². The lowest BCUT2D eigenvalue weighted by Crippen LogP contribution is -2.50. The fraction of sp³-hybridized carbons (Fsp3) is 0.250. The van der Waals surface area contributed by atoms with Gasteiger partial charge in [0, 0.05) is 28.2 Å². The summed E-state index contributed by atoms with van der Waals surface area (Å²) in [6, 6.07) is 4.22. The van der Waals surface area contributed by atoms with Gasteiger partial charge in [0.25, 0.3) is 0 Å². The van der Waals surface area contributed by atoms with Gasteiger partial charge in [-0.15, -0.1) is 0 Å². The first kappa shape index (κ1) is 19.0. The number of hydrogen-bond acceptors (Lipinski definition) is 7. The molecule has 1 aliphatic heterocycles. The van der Waals surface area contributed by atoms with Gasteiger partial charge in [-0.3, -0.25) is 5.32 Å². The highest BCUT2D eigenvalue weighted by Crippen LogP contribution is 2.38. The van der Waals surface area contributed by atoms with Crippen LogP contribution >= 0.6 is 15.9 Å². The molecule has 142 valence electrons. The average Bonchev–Trinajstić information content (AvgIpc) is 2.55. The molecule has 5 N–H and O–H groups in total. The van der Waals surface area contributed by atoms with Gasteiger partial charge >= 0.3 is 18.2 Å². The van der Waals surface area contributed by atoms with E-state index in [9.17, 15) is 14.0 Å². The van der Waals surface area contributed by atoms with Crippen molar-refractivity contribution in [2.45, 2.75) is 25.1 Å². The van der Waals surface area contributed by atoms with Crippen LogP contribution in [-0.4, -0.2) is 22.2 Å². The summed E-state index contributed by atoms with van der Waals surface area (Å²) in [4.78, 5) is 30.3. The van der Waals surface area contributed by atoms with Gasteiger partial charge in [-0.05, 0) is 25.1 Å². The molecule has 1 aromatic heterocycles. The lowest BCUT2D eigenvalue weighted by Gasteiger charge is -2.40. The molecule has 1 aromatic carbocycles. The quantitative estimate of drug-likeness (QED) is 0.663. The molecule has 0 radical (unpaired) electrons. The molecule has 3 rings (SSSR count). The zero-order valence-corrected chi connectivity index (χ0v) is 15.6. The van der Waals surface area contributed by atoms with E-state index in [2.05, 4.69) is 31.2 Å². The molecule has 2 atom stereocenters. The number of carbonyl (C=O) groups is 2. The molecule has 27 heavy (non-hydrogen) atoms. The lowest BCUT2D eigenvalue weighted by atomic mass is 9.82. The molecular weight excluding hydrogens is 425 g/mol. The Kier molecular flexibility index (Phi) is 4.98. The van der Waals surface area contributed by atoms with E-state index in [4.69, 9.17) is 20.9 Å². The van der Waals surface area contributed by atoms with E-state index in [1.54, 1.807) is 19.1 Å². The highest BCUT2D eigenvalue weighted by atomic mass is 79.9. The molecule has 1 aliphatic rings. The molecule has 0 aliphatic carbocycles. The number of nitrogens with one attached hydrogen (secondary N) is 1. The third-order valence-electron chi connectivity index (χ3n) is 4.08. The van der Waals surface area contributed by atoms with E-state index < -0.39 is 29.8 Å². The number of hydrogen-bond donors (Lipinski definition) is 3. The highest BCUT2D eigenvalue weighted by Gasteiger charge is 2.41. The van der Waals surface area contributed by atoms with Gasteiger partial charge in [0.2, 0.25) is 0 Å². The van der Waals surface area contributed by atoms with E-state index in [0.717, 1.165) is 0 Å². The number of carbonyl (C=O) groups excluding carboxylic acids is 2. The fourth-order valence-corrected chi connectivity index (χ4v) is 3.32. The molecule has 9 nitrogen and oxygen atoms in total. The minimum absolute atomic E-state index is 0.186. The van der Waals surface area contributed by atoms with Crippen LogP contribution in [0, 0.1) is 5.82 Å². The van der Waals surface area contributed by atoms with Gasteiger partial charge in [0.1, 0.15) is 5.82 Å². The Morgan fingerprint density at radius 2 is 2.11 bits per heavy atom. The van der Waals surface area contributed by atoms with Crippen LogP contribution in [0.25, 0.3) is 0 Å². The maximum absolute atomic E-state index is 14.5. The first-order chi connectivity index (χ1) is 12.7. The smallest absolute Gasteiger partial charge is 0.412 e. The summed E-state index contributed by atoms with van der Waals surface area (Å²) in [5.74, 6) is -0.461. The van der Waals surface area contributed by atoms with Crippen LogP contribution in [0.4, 0.5) is 14.0 Å². The first-order valence-electron chi connectivity index (χ1n) is 7.70. The molecule has 2 heterocycles. The number of nitrogens with zero attached hydrogens (tertiary/aromatic N) is 2. The van der Waals surface area contributed by atoms with Crippen molar-refractivity contribution in [3.05, 3.63) is 51.5 Å². The minimum Gasteiger partial charge on any atom is -0.426 e. The maximum atomic E-state index is 14.5. The van der Waals surface area contributed by atoms with Crippen LogP contribution in [0.1, 0.15) is 30.0 Å². The van der Waals surface area contributed by atoms with E-state index in [0.29, 0.717) is 21.3 Å². The largest absolute Gasteiger partial charge is 0.426 e. The number of benzene rings is 1. The van der Waals surface area contributed by atoms with Gasteiger partial charge in [0.05, 0.1) is 11.2 Å². The SMILES string of the molecule is CC1(c2cc(Br)ccc2F)Cc2nc(OC(N)=O)ncc2C(OC(N)=O)N1. The summed E-state index contributed by atoms with van der Waals surface area (Å²) in [6.45, 7) is 1.72. The summed E-state index contributed by atoms with van der Waals surface area (Å²) in [5, 5.41) is 3.07. The summed E-state index contributed by atoms with van der Waals surface area (Å²) in [6.07, 6.45) is -1.63. The Labute approximate surface area is 161 Å². The molecule has 2 unspecified atom stereocenters. The van der Waals surface area contributed by atoms with Crippen LogP contribution in [0.5, 0.6) is 6.01 Å². The molecule has 11 heteroatoms. The Hall–Kier alpha value is -2.79. The Bertz CT molecular complexity index is 928. The molecule has 0 bridgehead atoms. The monoisotopic (exact) mass is 439 g/mol. The molecule has 0 saturated carbocycles. The van der Waals surface area contributed by atoms with Gasteiger partial charge in [-0.1, -0.05) is 15.9 Å². The van der Waals surface area contributed by atoms with Crippen molar-refractivity contribution in [2.75, 3.05) is 0 Å². The van der Waals surface area contributed by atoms with Crippen molar-refractivity contribution >= 4 is 28.1 Å².